The average molecular weight is 526 g/mol. The van der Waals surface area contributed by atoms with E-state index in [2.05, 4.69) is 16.0 Å². The first-order chi connectivity index (χ1) is 19.0. The molecule has 1 atom stereocenters. The third-order valence-electron chi connectivity index (χ3n) is 5.24. The lowest BCUT2D eigenvalue weighted by Gasteiger charge is -2.13. The van der Waals surface area contributed by atoms with Gasteiger partial charge in [0.2, 0.25) is 0 Å². The lowest BCUT2D eigenvalue weighted by atomic mass is 10.2. The molecule has 0 aromatic heterocycles. The summed E-state index contributed by atoms with van der Waals surface area (Å²) >= 11 is 0. The third kappa shape index (κ3) is 9.25. The Morgan fingerprint density at radius 1 is 0.667 bits per heavy atom. The molecule has 4 rings (SSSR count). The minimum atomic E-state index is -0.746. The first-order valence-electron chi connectivity index (χ1n) is 12.2. The fourth-order valence-corrected chi connectivity index (χ4v) is 3.49. The Labute approximate surface area is 225 Å². The van der Waals surface area contributed by atoms with E-state index in [1.165, 1.54) is 18.2 Å². The van der Waals surface area contributed by atoms with Gasteiger partial charge in [-0.25, -0.2) is 14.4 Å². The molecule has 3 amide bonds. The average Bonchev–Trinajstić information content (AvgIpc) is 3.07. The Bertz CT molecular complexity index is 1360. The van der Waals surface area contributed by atoms with Crippen molar-refractivity contribution < 1.29 is 28.6 Å². The number of hydrogen-bond acceptors (Lipinski definition) is 6. The molecule has 2 aliphatic rings. The topological polar surface area (TPSA) is 115 Å². The van der Waals surface area contributed by atoms with Crippen LogP contribution in [0.2, 0.25) is 0 Å². The molecule has 0 radical (unpaired) electrons. The van der Waals surface area contributed by atoms with Crippen molar-refractivity contribution in [3.05, 3.63) is 133 Å². The molecule has 39 heavy (non-hydrogen) atoms. The molecular formula is C30H27N3O6. The normalized spacial score (nSPS) is 17.8. The van der Waals surface area contributed by atoms with E-state index in [9.17, 15) is 14.4 Å². The lowest BCUT2D eigenvalue weighted by molar-refractivity contribution is 0.176. The molecule has 0 saturated heterocycles. The summed E-state index contributed by atoms with van der Waals surface area (Å²) in [4.78, 5) is 37.6. The molecular weight excluding hydrogens is 498 g/mol. The van der Waals surface area contributed by atoms with Crippen LogP contribution >= 0.6 is 0 Å². The number of benzene rings is 2. The number of rotatable bonds is 6. The molecule has 1 unspecified atom stereocenters. The number of alkyl carbamates (subject to hydrolysis) is 1. The molecule has 2 aromatic rings. The number of para-hydroxylation sites is 2. The fourth-order valence-electron chi connectivity index (χ4n) is 3.49. The van der Waals surface area contributed by atoms with Gasteiger partial charge in [0.05, 0.1) is 6.04 Å². The van der Waals surface area contributed by atoms with Crippen molar-refractivity contribution in [2.24, 2.45) is 0 Å². The number of carbonyl (C=O) groups excluding carboxylic acids is 3. The van der Waals surface area contributed by atoms with Gasteiger partial charge in [-0.15, -0.1) is 0 Å². The Morgan fingerprint density at radius 3 is 2.00 bits per heavy atom. The van der Waals surface area contributed by atoms with Crippen molar-refractivity contribution >= 4 is 29.7 Å². The van der Waals surface area contributed by atoms with Crippen molar-refractivity contribution in [2.75, 3.05) is 10.6 Å². The number of amides is 3. The van der Waals surface area contributed by atoms with Gasteiger partial charge in [-0.3, -0.25) is 10.6 Å². The highest BCUT2D eigenvalue weighted by molar-refractivity contribution is 5.86. The van der Waals surface area contributed by atoms with Crippen LogP contribution in [0, 0.1) is 0 Å². The number of allylic oxidation sites excluding steroid dienone is 7. The van der Waals surface area contributed by atoms with E-state index in [0.29, 0.717) is 11.4 Å². The van der Waals surface area contributed by atoms with E-state index >= 15 is 0 Å². The summed E-state index contributed by atoms with van der Waals surface area (Å²) in [6, 6.07) is 17.2. The Kier molecular flexibility index (Phi) is 9.50. The zero-order valence-corrected chi connectivity index (χ0v) is 20.9. The monoisotopic (exact) mass is 525 g/mol. The van der Waals surface area contributed by atoms with E-state index in [1.54, 1.807) is 54.6 Å². The van der Waals surface area contributed by atoms with Gasteiger partial charge < -0.3 is 19.5 Å². The van der Waals surface area contributed by atoms with Gasteiger partial charge in [-0.05, 0) is 36.8 Å². The smallest absolute Gasteiger partial charge is 0.414 e. The number of nitrogens with one attached hydrogen (secondary N) is 3. The summed E-state index contributed by atoms with van der Waals surface area (Å²) in [6.07, 6.45) is 14.2. The first kappa shape index (κ1) is 26.7. The minimum absolute atomic E-state index is 0.00460. The Hall–Kier alpha value is -5.31. The van der Waals surface area contributed by atoms with Crippen molar-refractivity contribution in [1.29, 1.82) is 0 Å². The van der Waals surface area contributed by atoms with Crippen LogP contribution in [0.1, 0.15) is 12.8 Å². The van der Waals surface area contributed by atoms with E-state index in [1.807, 2.05) is 42.5 Å². The van der Waals surface area contributed by atoms with Gasteiger partial charge in [0, 0.05) is 29.9 Å². The maximum Gasteiger partial charge on any atom is 0.417 e. The largest absolute Gasteiger partial charge is 0.417 e. The summed E-state index contributed by atoms with van der Waals surface area (Å²) in [7, 11) is 0. The summed E-state index contributed by atoms with van der Waals surface area (Å²) in [6.45, 7) is 0. The van der Waals surface area contributed by atoms with Gasteiger partial charge in [0.25, 0.3) is 0 Å². The van der Waals surface area contributed by atoms with Crippen LogP contribution in [0.4, 0.5) is 25.8 Å². The highest BCUT2D eigenvalue weighted by Crippen LogP contribution is 2.21. The van der Waals surface area contributed by atoms with E-state index in [4.69, 9.17) is 14.2 Å². The van der Waals surface area contributed by atoms with E-state index in [-0.39, 0.29) is 29.7 Å². The molecule has 9 heteroatoms. The van der Waals surface area contributed by atoms with Crippen molar-refractivity contribution in [3.8, 4) is 0 Å². The van der Waals surface area contributed by atoms with Crippen LogP contribution in [0.25, 0.3) is 0 Å². The van der Waals surface area contributed by atoms with Gasteiger partial charge >= 0.3 is 18.3 Å². The minimum Gasteiger partial charge on any atom is -0.414 e. The second-order valence-electron chi connectivity index (χ2n) is 8.27. The maximum absolute atomic E-state index is 12.7. The molecule has 9 nitrogen and oxygen atoms in total. The zero-order valence-electron chi connectivity index (χ0n) is 20.9. The van der Waals surface area contributed by atoms with Crippen LogP contribution in [0.15, 0.2) is 133 Å². The van der Waals surface area contributed by atoms with Crippen LogP contribution in [-0.4, -0.2) is 24.3 Å². The number of hydrogen-bond donors (Lipinski definition) is 3. The number of anilines is 2. The lowest BCUT2D eigenvalue weighted by Crippen LogP contribution is -2.32. The van der Waals surface area contributed by atoms with Crippen LogP contribution in [0.3, 0.4) is 0 Å². The SMILES string of the molecule is O=C(Nc1ccccc1)OC1=CCC(OC(=O)Nc2ccccc2)=CC(OC(=O)NC2C=C/C=C\C/C=C\2)=C1. The van der Waals surface area contributed by atoms with Crippen LogP contribution in [0.5, 0.6) is 0 Å². The van der Waals surface area contributed by atoms with Gasteiger partial charge in [-0.2, -0.15) is 0 Å². The van der Waals surface area contributed by atoms with E-state index < -0.39 is 18.3 Å². The second kappa shape index (κ2) is 13.8. The van der Waals surface area contributed by atoms with Crippen LogP contribution < -0.4 is 16.0 Å². The fraction of sp³-hybridized carbons (Fsp3) is 0.100. The molecule has 0 aliphatic heterocycles. The zero-order chi connectivity index (χ0) is 27.3. The molecule has 0 bridgehead atoms. The molecule has 0 fully saturated rings. The summed E-state index contributed by atoms with van der Waals surface area (Å²) in [5.41, 5.74) is 1.10. The summed E-state index contributed by atoms with van der Waals surface area (Å²) in [5, 5.41) is 7.97. The summed E-state index contributed by atoms with van der Waals surface area (Å²) < 4.78 is 16.4. The van der Waals surface area contributed by atoms with Crippen LogP contribution in [-0.2, 0) is 14.2 Å². The highest BCUT2D eigenvalue weighted by Gasteiger charge is 2.17. The third-order valence-corrected chi connectivity index (χ3v) is 5.24. The van der Waals surface area contributed by atoms with Crippen molar-refractivity contribution in [2.45, 2.75) is 18.9 Å². The standard InChI is InChI=1S/C30H27N3O6/c34-28(31-23-14-8-4-9-15-23)37-25-18-19-26(38-29(35)32-24-16-10-5-11-17-24)21-27(20-25)39-30(36)33-22-12-6-2-1-3-7-13-22/h1-2,4-18,20-22H,3,19H2,(H,31,34)(H,32,35)(H,33,36)/b2-1-,12-6?,13-7-. The number of carbonyl (C=O) groups is 3. The molecule has 0 spiro atoms. The molecule has 2 aliphatic carbocycles. The van der Waals surface area contributed by atoms with Crippen molar-refractivity contribution in [3.63, 3.8) is 0 Å². The molecule has 198 valence electrons. The molecule has 0 heterocycles. The molecule has 3 N–H and O–H groups in total. The predicted octanol–water partition coefficient (Wildman–Crippen LogP) is 6.71. The second-order valence-corrected chi connectivity index (χ2v) is 8.27. The molecule has 2 aromatic carbocycles. The number of ether oxygens (including phenoxy) is 3. The Morgan fingerprint density at radius 2 is 1.31 bits per heavy atom. The van der Waals surface area contributed by atoms with E-state index in [0.717, 1.165) is 6.42 Å². The molecule has 0 saturated carbocycles. The first-order valence-corrected chi connectivity index (χ1v) is 12.2. The van der Waals surface area contributed by atoms with Gasteiger partial charge in [0.1, 0.15) is 17.3 Å². The predicted molar refractivity (Wildman–Crippen MR) is 147 cm³/mol. The van der Waals surface area contributed by atoms with Gasteiger partial charge in [-0.1, -0.05) is 72.9 Å². The Balaban J connectivity index is 1.46. The maximum atomic E-state index is 12.7. The highest BCUT2D eigenvalue weighted by atomic mass is 16.6. The van der Waals surface area contributed by atoms with Crippen molar-refractivity contribution in [1.82, 2.24) is 5.32 Å². The quantitative estimate of drug-likeness (QED) is 0.285. The summed E-state index contributed by atoms with van der Waals surface area (Å²) in [5.74, 6) is 0.269. The van der Waals surface area contributed by atoms with Gasteiger partial charge in [0.15, 0.2) is 0 Å².